The van der Waals surface area contributed by atoms with E-state index in [0.29, 0.717) is 0 Å². The van der Waals surface area contributed by atoms with E-state index in [1.165, 1.54) is 38.4 Å². The number of nitrogens with one attached hydrogen (secondary N) is 1. The van der Waals surface area contributed by atoms with Crippen LogP contribution < -0.4 is 5.32 Å². The van der Waals surface area contributed by atoms with Crippen molar-refractivity contribution in [3.8, 4) is 0 Å². The van der Waals surface area contributed by atoms with Gasteiger partial charge < -0.3 is 5.32 Å². The molecule has 0 amide bonds. The van der Waals surface area contributed by atoms with Crippen molar-refractivity contribution in [2.75, 3.05) is 5.32 Å². The summed E-state index contributed by atoms with van der Waals surface area (Å²) in [6.07, 6.45) is 13.5. The van der Waals surface area contributed by atoms with Crippen molar-refractivity contribution in [3.63, 3.8) is 0 Å². The number of hydrogen-bond acceptors (Lipinski definition) is 4. The number of aryl methyl sites for hydroxylation is 1. The molecule has 102 valence electrons. The third-order valence-corrected chi connectivity index (χ3v) is 2.98. The highest BCUT2D eigenvalue weighted by Crippen LogP contribution is 2.12. The zero-order chi connectivity index (χ0) is 13.3. The molecule has 2 heterocycles. The van der Waals surface area contributed by atoms with Gasteiger partial charge in [-0.05, 0) is 12.5 Å². The molecule has 5 heteroatoms. The fourth-order valence-corrected chi connectivity index (χ4v) is 1.94. The van der Waals surface area contributed by atoms with Gasteiger partial charge in [0.1, 0.15) is 12.1 Å². The van der Waals surface area contributed by atoms with Crippen LogP contribution in [0.5, 0.6) is 0 Å². The van der Waals surface area contributed by atoms with Crippen molar-refractivity contribution < 1.29 is 0 Å². The lowest BCUT2D eigenvalue weighted by atomic mass is 10.1. The van der Waals surface area contributed by atoms with Crippen molar-refractivity contribution in [2.45, 2.75) is 45.6 Å². The molecule has 2 aromatic heterocycles. The SMILES string of the molecule is CCCCCCCn1cc(Nc2ccncn2)cn1. The van der Waals surface area contributed by atoms with E-state index in [9.17, 15) is 0 Å². The minimum atomic E-state index is 0.789. The monoisotopic (exact) mass is 259 g/mol. The van der Waals surface area contributed by atoms with Gasteiger partial charge in [0.15, 0.2) is 0 Å². The van der Waals surface area contributed by atoms with Crippen molar-refractivity contribution in [3.05, 3.63) is 31.0 Å². The van der Waals surface area contributed by atoms with Gasteiger partial charge in [0.25, 0.3) is 0 Å². The average Bonchev–Trinajstić information content (AvgIpc) is 2.87. The number of anilines is 2. The quantitative estimate of drug-likeness (QED) is 0.738. The Morgan fingerprint density at radius 3 is 2.89 bits per heavy atom. The summed E-state index contributed by atoms with van der Waals surface area (Å²) in [7, 11) is 0. The second-order valence-electron chi connectivity index (χ2n) is 4.63. The van der Waals surface area contributed by atoms with Crippen LogP contribution in [0.2, 0.25) is 0 Å². The predicted octanol–water partition coefficient (Wildman–Crippen LogP) is 3.39. The zero-order valence-corrected chi connectivity index (χ0v) is 11.4. The Morgan fingerprint density at radius 2 is 2.11 bits per heavy atom. The normalized spacial score (nSPS) is 10.6. The molecule has 5 nitrogen and oxygen atoms in total. The summed E-state index contributed by atoms with van der Waals surface area (Å²) in [4.78, 5) is 8.01. The lowest BCUT2D eigenvalue weighted by Crippen LogP contribution is -1.98. The van der Waals surface area contributed by atoms with Gasteiger partial charge >= 0.3 is 0 Å². The van der Waals surface area contributed by atoms with Crippen LogP contribution in [0.1, 0.15) is 39.0 Å². The largest absolute Gasteiger partial charge is 0.338 e. The molecule has 2 aromatic rings. The Labute approximate surface area is 114 Å². The van der Waals surface area contributed by atoms with E-state index in [-0.39, 0.29) is 0 Å². The van der Waals surface area contributed by atoms with Gasteiger partial charge in [-0.2, -0.15) is 5.10 Å². The summed E-state index contributed by atoms with van der Waals surface area (Å²) in [6.45, 7) is 3.22. The van der Waals surface area contributed by atoms with Gasteiger partial charge in [-0.1, -0.05) is 32.6 Å². The summed E-state index contributed by atoms with van der Waals surface area (Å²) in [6, 6.07) is 1.84. The van der Waals surface area contributed by atoms with Gasteiger partial charge in [0, 0.05) is 18.9 Å². The molecule has 2 rings (SSSR count). The highest BCUT2D eigenvalue weighted by Gasteiger charge is 1.99. The maximum absolute atomic E-state index is 4.34. The number of rotatable bonds is 8. The summed E-state index contributed by atoms with van der Waals surface area (Å²) >= 11 is 0. The maximum Gasteiger partial charge on any atom is 0.133 e. The highest BCUT2D eigenvalue weighted by atomic mass is 15.3. The molecule has 0 aliphatic rings. The fraction of sp³-hybridized carbons (Fsp3) is 0.500. The van der Waals surface area contributed by atoms with Crippen molar-refractivity contribution in [1.82, 2.24) is 19.7 Å². The Hall–Kier alpha value is -1.91. The molecule has 19 heavy (non-hydrogen) atoms. The van der Waals surface area contributed by atoms with Gasteiger partial charge in [-0.15, -0.1) is 0 Å². The molecule has 0 aliphatic heterocycles. The van der Waals surface area contributed by atoms with E-state index < -0.39 is 0 Å². The van der Waals surface area contributed by atoms with E-state index >= 15 is 0 Å². The van der Waals surface area contributed by atoms with Crippen LogP contribution in [0.25, 0.3) is 0 Å². The van der Waals surface area contributed by atoms with E-state index in [4.69, 9.17) is 0 Å². The van der Waals surface area contributed by atoms with Gasteiger partial charge in [0.2, 0.25) is 0 Å². The molecule has 0 spiro atoms. The molecule has 0 saturated carbocycles. The Balaban J connectivity index is 1.76. The first-order valence-electron chi connectivity index (χ1n) is 6.94. The molecule has 0 saturated heterocycles. The van der Waals surface area contributed by atoms with Crippen LogP contribution in [0.4, 0.5) is 11.5 Å². The van der Waals surface area contributed by atoms with E-state index in [0.717, 1.165) is 18.1 Å². The summed E-state index contributed by atoms with van der Waals surface area (Å²) in [5.74, 6) is 0.789. The molecule has 1 N–H and O–H groups in total. The summed E-state index contributed by atoms with van der Waals surface area (Å²) in [5.41, 5.74) is 0.965. The maximum atomic E-state index is 4.34. The van der Waals surface area contributed by atoms with Crippen LogP contribution in [0.3, 0.4) is 0 Å². The molecule has 0 bridgehead atoms. The number of nitrogens with zero attached hydrogens (tertiary/aromatic N) is 4. The molecule has 0 atom stereocenters. The standard InChI is InChI=1S/C14H21N5/c1-2-3-4-5-6-9-19-11-13(10-17-19)18-14-7-8-15-12-16-14/h7-8,10-12H,2-6,9H2,1H3,(H,15,16,18). The molecule has 0 radical (unpaired) electrons. The molecular weight excluding hydrogens is 238 g/mol. The third kappa shape index (κ3) is 4.69. The first-order chi connectivity index (χ1) is 9.38. The number of hydrogen-bond donors (Lipinski definition) is 1. The van der Waals surface area contributed by atoms with E-state index in [1.807, 2.05) is 23.1 Å². The van der Waals surface area contributed by atoms with Crippen molar-refractivity contribution in [1.29, 1.82) is 0 Å². The summed E-state index contributed by atoms with van der Waals surface area (Å²) < 4.78 is 1.98. The number of unbranched alkanes of at least 4 members (excludes halogenated alkanes) is 4. The smallest absolute Gasteiger partial charge is 0.133 e. The first kappa shape index (κ1) is 13.5. The predicted molar refractivity (Wildman–Crippen MR) is 76.3 cm³/mol. The minimum Gasteiger partial charge on any atom is -0.338 e. The Morgan fingerprint density at radius 1 is 1.21 bits per heavy atom. The Bertz CT molecular complexity index is 466. The van der Waals surface area contributed by atoms with E-state index in [1.54, 1.807) is 6.20 Å². The average molecular weight is 259 g/mol. The Kier molecular flexibility index (Phi) is 5.34. The third-order valence-electron chi connectivity index (χ3n) is 2.98. The molecular formula is C14H21N5. The fourth-order valence-electron chi connectivity index (χ4n) is 1.94. The lowest BCUT2D eigenvalue weighted by molar-refractivity contribution is 0.533. The second kappa shape index (κ2) is 7.51. The van der Waals surface area contributed by atoms with Crippen LogP contribution in [0, 0.1) is 0 Å². The van der Waals surface area contributed by atoms with Crippen LogP contribution in [-0.2, 0) is 6.54 Å². The minimum absolute atomic E-state index is 0.789. The first-order valence-corrected chi connectivity index (χ1v) is 6.94. The topological polar surface area (TPSA) is 55.6 Å². The molecule has 0 aromatic carbocycles. The lowest BCUT2D eigenvalue weighted by Gasteiger charge is -2.02. The highest BCUT2D eigenvalue weighted by molar-refractivity contribution is 5.52. The van der Waals surface area contributed by atoms with E-state index in [2.05, 4.69) is 27.3 Å². The van der Waals surface area contributed by atoms with Crippen LogP contribution in [0.15, 0.2) is 31.0 Å². The van der Waals surface area contributed by atoms with Gasteiger partial charge in [-0.25, -0.2) is 9.97 Å². The van der Waals surface area contributed by atoms with Crippen LogP contribution in [-0.4, -0.2) is 19.7 Å². The molecule has 0 unspecified atom stereocenters. The van der Waals surface area contributed by atoms with Crippen molar-refractivity contribution in [2.24, 2.45) is 0 Å². The summed E-state index contributed by atoms with van der Waals surface area (Å²) in [5, 5.41) is 7.54. The van der Waals surface area contributed by atoms with Crippen LogP contribution >= 0.6 is 0 Å². The molecule has 0 fully saturated rings. The van der Waals surface area contributed by atoms with Gasteiger partial charge in [-0.3, -0.25) is 4.68 Å². The molecule has 0 aliphatic carbocycles. The zero-order valence-electron chi connectivity index (χ0n) is 11.4. The number of aromatic nitrogens is 4. The van der Waals surface area contributed by atoms with Crippen molar-refractivity contribution >= 4 is 11.5 Å². The van der Waals surface area contributed by atoms with Gasteiger partial charge in [0.05, 0.1) is 11.9 Å². The second-order valence-corrected chi connectivity index (χ2v) is 4.63.